The maximum Gasteiger partial charge on any atom is 0.199 e. The Balaban J connectivity index is 1.69. The summed E-state index contributed by atoms with van der Waals surface area (Å²) >= 11 is 0. The number of ether oxygens (including phenoxy) is 1. The summed E-state index contributed by atoms with van der Waals surface area (Å²) < 4.78 is 6.65. The molecule has 3 aromatic carbocycles. The van der Waals surface area contributed by atoms with Gasteiger partial charge in [-0.25, -0.2) is 0 Å². The van der Waals surface area contributed by atoms with Crippen LogP contribution in [0, 0.1) is 0 Å². The standard InChI is InChI=1S/C28H31NO2/c30-27(25-15-7-2-8-16-25)28(26-17-9-3-10-18-26,23-24-13-5-1-6-14-24)31-22-21-29-19-11-4-12-20-29/h1-3,5-10,13-18H,4,11-12,19-23H2. The van der Waals surface area contributed by atoms with Gasteiger partial charge >= 0.3 is 0 Å². The monoisotopic (exact) mass is 413 g/mol. The number of carbonyl (C=O) groups is 1. The predicted molar refractivity (Wildman–Crippen MR) is 125 cm³/mol. The Kier molecular flexibility index (Phi) is 7.29. The molecular weight excluding hydrogens is 382 g/mol. The predicted octanol–water partition coefficient (Wildman–Crippen LogP) is 5.51. The Labute approximate surface area is 185 Å². The fourth-order valence-corrected chi connectivity index (χ4v) is 4.46. The van der Waals surface area contributed by atoms with Crippen molar-refractivity contribution in [2.75, 3.05) is 26.2 Å². The van der Waals surface area contributed by atoms with Crippen molar-refractivity contribution in [1.82, 2.24) is 4.90 Å². The van der Waals surface area contributed by atoms with Gasteiger partial charge in [0.1, 0.15) is 0 Å². The van der Waals surface area contributed by atoms with Crippen LogP contribution in [0.15, 0.2) is 91.0 Å². The lowest BCUT2D eigenvalue weighted by Crippen LogP contribution is -2.43. The third-order valence-electron chi connectivity index (χ3n) is 6.14. The molecule has 31 heavy (non-hydrogen) atoms. The van der Waals surface area contributed by atoms with Gasteiger partial charge in [-0.1, -0.05) is 97.4 Å². The molecule has 0 aliphatic carbocycles. The van der Waals surface area contributed by atoms with Crippen LogP contribution in [0.5, 0.6) is 0 Å². The van der Waals surface area contributed by atoms with Crippen molar-refractivity contribution in [1.29, 1.82) is 0 Å². The maximum atomic E-state index is 14.0. The van der Waals surface area contributed by atoms with Crippen LogP contribution in [0.1, 0.15) is 40.7 Å². The second-order valence-electron chi connectivity index (χ2n) is 8.30. The molecule has 0 amide bonds. The summed E-state index contributed by atoms with van der Waals surface area (Å²) in [5.41, 5.74) is 1.62. The van der Waals surface area contributed by atoms with E-state index in [1.165, 1.54) is 19.3 Å². The van der Waals surface area contributed by atoms with E-state index < -0.39 is 5.60 Å². The van der Waals surface area contributed by atoms with Crippen molar-refractivity contribution >= 4 is 5.78 Å². The Hall–Kier alpha value is -2.75. The van der Waals surface area contributed by atoms with Gasteiger partial charge in [-0.3, -0.25) is 4.79 Å². The van der Waals surface area contributed by atoms with E-state index in [1.807, 2.05) is 78.9 Å². The summed E-state index contributed by atoms with van der Waals surface area (Å²) in [6, 6.07) is 29.7. The van der Waals surface area contributed by atoms with Crippen molar-refractivity contribution in [3.63, 3.8) is 0 Å². The van der Waals surface area contributed by atoms with Gasteiger partial charge in [0.05, 0.1) is 6.61 Å². The van der Waals surface area contributed by atoms with Gasteiger partial charge in [0.25, 0.3) is 0 Å². The van der Waals surface area contributed by atoms with E-state index >= 15 is 0 Å². The van der Waals surface area contributed by atoms with E-state index in [0.717, 1.165) is 30.8 Å². The molecule has 1 atom stereocenters. The molecule has 0 radical (unpaired) electrons. The molecule has 0 aromatic heterocycles. The Bertz CT molecular complexity index is 937. The number of hydrogen-bond donors (Lipinski definition) is 0. The molecule has 1 unspecified atom stereocenters. The molecular formula is C28H31NO2. The Morgan fingerprint density at radius 2 is 1.35 bits per heavy atom. The lowest BCUT2D eigenvalue weighted by molar-refractivity contribution is -0.0375. The first-order valence-corrected chi connectivity index (χ1v) is 11.3. The zero-order valence-electron chi connectivity index (χ0n) is 18.1. The number of carbonyl (C=O) groups excluding carboxylic acids is 1. The summed E-state index contributed by atoms with van der Waals surface area (Å²) in [4.78, 5) is 16.5. The molecule has 0 spiro atoms. The van der Waals surface area contributed by atoms with Gasteiger partial charge < -0.3 is 9.64 Å². The molecule has 0 N–H and O–H groups in total. The van der Waals surface area contributed by atoms with Gasteiger partial charge in [-0.15, -0.1) is 0 Å². The summed E-state index contributed by atoms with van der Waals surface area (Å²) in [6.45, 7) is 3.62. The van der Waals surface area contributed by atoms with Crippen LogP contribution >= 0.6 is 0 Å². The first-order chi connectivity index (χ1) is 15.3. The third-order valence-corrected chi connectivity index (χ3v) is 6.14. The fraction of sp³-hybridized carbons (Fsp3) is 0.321. The molecule has 0 saturated carbocycles. The van der Waals surface area contributed by atoms with Crippen LogP contribution in [-0.4, -0.2) is 36.9 Å². The molecule has 4 rings (SSSR count). The van der Waals surface area contributed by atoms with E-state index in [-0.39, 0.29) is 5.78 Å². The minimum absolute atomic E-state index is 0.0156. The molecule has 1 fully saturated rings. The highest BCUT2D eigenvalue weighted by Gasteiger charge is 2.42. The quantitative estimate of drug-likeness (QED) is 0.433. The fourth-order valence-electron chi connectivity index (χ4n) is 4.46. The molecule has 1 heterocycles. The van der Waals surface area contributed by atoms with Crippen LogP contribution in [0.25, 0.3) is 0 Å². The number of piperidine rings is 1. The zero-order valence-corrected chi connectivity index (χ0v) is 18.1. The van der Waals surface area contributed by atoms with Crippen molar-refractivity contribution in [2.45, 2.75) is 31.3 Å². The molecule has 3 nitrogen and oxygen atoms in total. The minimum atomic E-state index is -1.06. The van der Waals surface area contributed by atoms with Gasteiger partial charge in [0.2, 0.25) is 0 Å². The van der Waals surface area contributed by atoms with E-state index in [2.05, 4.69) is 17.0 Å². The van der Waals surface area contributed by atoms with Crippen molar-refractivity contribution in [3.05, 3.63) is 108 Å². The number of nitrogens with zero attached hydrogens (tertiary/aromatic N) is 1. The normalized spacial score (nSPS) is 16.5. The van der Waals surface area contributed by atoms with Crippen LogP contribution in [0.4, 0.5) is 0 Å². The zero-order chi connectivity index (χ0) is 21.4. The van der Waals surface area contributed by atoms with Gasteiger partial charge in [-0.05, 0) is 37.1 Å². The summed E-state index contributed by atoms with van der Waals surface area (Å²) in [5, 5.41) is 0. The Morgan fingerprint density at radius 3 is 2.00 bits per heavy atom. The van der Waals surface area contributed by atoms with E-state index in [1.54, 1.807) is 0 Å². The molecule has 1 aliphatic rings. The number of rotatable bonds is 9. The van der Waals surface area contributed by atoms with Gasteiger partial charge in [0, 0.05) is 18.5 Å². The number of Topliss-reactive ketones (excluding diaryl/α,β-unsaturated/α-hetero) is 1. The number of ketones is 1. The van der Waals surface area contributed by atoms with Crippen LogP contribution in [-0.2, 0) is 16.8 Å². The van der Waals surface area contributed by atoms with Crippen LogP contribution < -0.4 is 0 Å². The SMILES string of the molecule is O=C(c1ccccc1)C(Cc1ccccc1)(OCCN1CCCCC1)c1ccccc1. The largest absolute Gasteiger partial charge is 0.360 e. The molecule has 1 aliphatic heterocycles. The first-order valence-electron chi connectivity index (χ1n) is 11.3. The smallest absolute Gasteiger partial charge is 0.199 e. The average molecular weight is 414 g/mol. The molecule has 3 aromatic rings. The lowest BCUT2D eigenvalue weighted by atomic mass is 9.80. The molecule has 0 bridgehead atoms. The summed E-state index contributed by atoms with van der Waals surface area (Å²) in [7, 11) is 0. The number of hydrogen-bond acceptors (Lipinski definition) is 3. The van der Waals surface area contributed by atoms with Crippen LogP contribution in [0.2, 0.25) is 0 Å². The van der Waals surface area contributed by atoms with Gasteiger partial charge in [-0.2, -0.15) is 0 Å². The second kappa shape index (κ2) is 10.5. The van der Waals surface area contributed by atoms with Crippen molar-refractivity contribution in [2.24, 2.45) is 0 Å². The van der Waals surface area contributed by atoms with Gasteiger partial charge in [0.15, 0.2) is 11.4 Å². The third kappa shape index (κ3) is 5.30. The molecule has 3 heteroatoms. The average Bonchev–Trinajstić information content (AvgIpc) is 2.85. The molecule has 160 valence electrons. The highest BCUT2D eigenvalue weighted by molar-refractivity contribution is 6.03. The first kappa shape index (κ1) is 21.5. The number of benzene rings is 3. The van der Waals surface area contributed by atoms with Crippen molar-refractivity contribution < 1.29 is 9.53 Å². The van der Waals surface area contributed by atoms with E-state index in [4.69, 9.17) is 4.74 Å². The summed E-state index contributed by atoms with van der Waals surface area (Å²) in [5.74, 6) is 0.0156. The van der Waals surface area contributed by atoms with E-state index in [9.17, 15) is 4.79 Å². The second-order valence-corrected chi connectivity index (χ2v) is 8.30. The lowest BCUT2D eigenvalue weighted by Gasteiger charge is -2.35. The summed E-state index contributed by atoms with van der Waals surface area (Å²) in [6.07, 6.45) is 4.31. The minimum Gasteiger partial charge on any atom is -0.360 e. The van der Waals surface area contributed by atoms with Crippen LogP contribution in [0.3, 0.4) is 0 Å². The maximum absolute atomic E-state index is 14.0. The Morgan fingerprint density at radius 1 is 0.774 bits per heavy atom. The highest BCUT2D eigenvalue weighted by Crippen LogP contribution is 2.34. The molecule has 1 saturated heterocycles. The number of likely N-dealkylation sites (tertiary alicyclic amines) is 1. The topological polar surface area (TPSA) is 29.5 Å². The van der Waals surface area contributed by atoms with E-state index in [0.29, 0.717) is 18.6 Å². The van der Waals surface area contributed by atoms with Crippen molar-refractivity contribution in [3.8, 4) is 0 Å². The highest BCUT2D eigenvalue weighted by atomic mass is 16.5.